The highest BCUT2D eigenvalue weighted by atomic mass is 79.9. The van der Waals surface area contributed by atoms with Crippen LogP contribution < -0.4 is 5.32 Å². The molecule has 106 valence electrons. The van der Waals surface area contributed by atoms with Gasteiger partial charge in [0.05, 0.1) is 0 Å². The van der Waals surface area contributed by atoms with Crippen LogP contribution in [0.3, 0.4) is 0 Å². The Balaban J connectivity index is 1.77. The van der Waals surface area contributed by atoms with Crippen molar-refractivity contribution in [2.45, 2.75) is 6.54 Å². The normalized spacial score (nSPS) is 10.8. The van der Waals surface area contributed by atoms with Crippen molar-refractivity contribution in [2.24, 2.45) is 0 Å². The van der Waals surface area contributed by atoms with Crippen LogP contribution in [0.25, 0.3) is 10.9 Å². The Morgan fingerprint density at radius 2 is 1.90 bits per heavy atom. The highest BCUT2D eigenvalue weighted by Crippen LogP contribution is 2.24. The Kier molecular flexibility index (Phi) is 3.75. The van der Waals surface area contributed by atoms with Crippen molar-refractivity contribution in [1.29, 1.82) is 0 Å². The molecule has 0 radical (unpaired) electrons. The molecule has 0 spiro atoms. The van der Waals surface area contributed by atoms with Crippen molar-refractivity contribution in [1.82, 2.24) is 4.57 Å². The summed E-state index contributed by atoms with van der Waals surface area (Å²) < 4.78 is 15.7. The van der Waals surface area contributed by atoms with Crippen molar-refractivity contribution in [3.63, 3.8) is 0 Å². The molecule has 1 aromatic heterocycles. The predicted octanol–water partition coefficient (Wildman–Crippen LogP) is 4.18. The van der Waals surface area contributed by atoms with E-state index in [-0.39, 0.29) is 18.3 Å². The van der Waals surface area contributed by atoms with Gasteiger partial charge in [-0.15, -0.1) is 0 Å². The molecule has 0 bridgehead atoms. The van der Waals surface area contributed by atoms with Crippen LogP contribution in [0, 0.1) is 5.82 Å². The summed E-state index contributed by atoms with van der Waals surface area (Å²) in [7, 11) is 0. The first kappa shape index (κ1) is 13.8. The molecule has 0 atom stereocenters. The van der Waals surface area contributed by atoms with Gasteiger partial charge in [-0.25, -0.2) is 4.39 Å². The fourth-order valence-electron chi connectivity index (χ4n) is 2.21. The van der Waals surface area contributed by atoms with Gasteiger partial charge in [0.1, 0.15) is 12.4 Å². The average molecular weight is 347 g/mol. The zero-order valence-corrected chi connectivity index (χ0v) is 12.6. The lowest BCUT2D eigenvalue weighted by atomic mass is 10.2. The third-order valence-electron chi connectivity index (χ3n) is 3.20. The van der Waals surface area contributed by atoms with E-state index in [9.17, 15) is 9.18 Å². The van der Waals surface area contributed by atoms with E-state index < -0.39 is 0 Å². The highest BCUT2D eigenvalue weighted by molar-refractivity contribution is 9.10. The second-order valence-corrected chi connectivity index (χ2v) is 5.53. The topological polar surface area (TPSA) is 34.0 Å². The number of anilines is 1. The molecule has 0 fully saturated rings. The van der Waals surface area contributed by atoms with E-state index in [2.05, 4.69) is 21.2 Å². The van der Waals surface area contributed by atoms with Crippen LogP contribution in [-0.2, 0) is 11.3 Å². The summed E-state index contributed by atoms with van der Waals surface area (Å²) in [6, 6.07) is 13.5. The van der Waals surface area contributed by atoms with Crippen LogP contribution in [-0.4, -0.2) is 10.5 Å². The summed E-state index contributed by atoms with van der Waals surface area (Å²) in [5.74, 6) is -0.478. The van der Waals surface area contributed by atoms with Crippen LogP contribution in [0.5, 0.6) is 0 Å². The second kappa shape index (κ2) is 5.69. The summed E-state index contributed by atoms with van der Waals surface area (Å²) in [4.78, 5) is 12.1. The van der Waals surface area contributed by atoms with Crippen molar-refractivity contribution in [3.8, 4) is 0 Å². The maximum Gasteiger partial charge on any atom is 0.244 e. The Hall–Kier alpha value is -2.14. The number of aromatic nitrogens is 1. The van der Waals surface area contributed by atoms with Crippen LogP contribution >= 0.6 is 15.9 Å². The molecule has 0 aliphatic rings. The van der Waals surface area contributed by atoms with Gasteiger partial charge in [0.25, 0.3) is 0 Å². The zero-order valence-electron chi connectivity index (χ0n) is 11.0. The van der Waals surface area contributed by atoms with Crippen molar-refractivity contribution in [2.75, 3.05) is 5.32 Å². The smallest absolute Gasteiger partial charge is 0.244 e. The summed E-state index contributed by atoms with van der Waals surface area (Å²) in [5.41, 5.74) is 1.57. The van der Waals surface area contributed by atoms with E-state index in [1.54, 1.807) is 0 Å². The number of amides is 1. The summed E-state index contributed by atoms with van der Waals surface area (Å²) in [6.45, 7) is 0.206. The molecule has 3 rings (SSSR count). The SMILES string of the molecule is O=C(Cn1ccc2c(Br)cccc21)Nc1ccc(F)cc1. The highest BCUT2D eigenvalue weighted by Gasteiger charge is 2.08. The molecule has 0 unspecified atom stereocenters. The third-order valence-corrected chi connectivity index (χ3v) is 3.89. The molecule has 0 saturated heterocycles. The van der Waals surface area contributed by atoms with Gasteiger partial charge in [0, 0.05) is 27.3 Å². The molecule has 3 nitrogen and oxygen atoms in total. The molecule has 0 aliphatic carbocycles. The Morgan fingerprint density at radius 1 is 1.14 bits per heavy atom. The molecule has 5 heteroatoms. The van der Waals surface area contributed by atoms with E-state index >= 15 is 0 Å². The first-order valence-corrected chi connectivity index (χ1v) is 7.21. The quantitative estimate of drug-likeness (QED) is 0.758. The van der Waals surface area contributed by atoms with Crippen LogP contribution in [0.1, 0.15) is 0 Å². The first-order valence-electron chi connectivity index (χ1n) is 6.42. The lowest BCUT2D eigenvalue weighted by Crippen LogP contribution is -2.18. The van der Waals surface area contributed by atoms with E-state index in [4.69, 9.17) is 0 Å². The Labute approximate surface area is 129 Å². The van der Waals surface area contributed by atoms with Crippen molar-refractivity contribution >= 4 is 38.4 Å². The lowest BCUT2D eigenvalue weighted by Gasteiger charge is -2.07. The van der Waals surface area contributed by atoms with Gasteiger partial charge >= 0.3 is 0 Å². The largest absolute Gasteiger partial charge is 0.338 e. The second-order valence-electron chi connectivity index (χ2n) is 4.67. The van der Waals surface area contributed by atoms with Gasteiger partial charge in [-0.2, -0.15) is 0 Å². The number of benzene rings is 2. The molecule has 21 heavy (non-hydrogen) atoms. The molecule has 0 aliphatic heterocycles. The zero-order chi connectivity index (χ0) is 14.8. The fourth-order valence-corrected chi connectivity index (χ4v) is 2.70. The summed E-state index contributed by atoms with van der Waals surface area (Å²) in [6.07, 6.45) is 1.87. The minimum absolute atomic E-state index is 0.154. The van der Waals surface area contributed by atoms with Gasteiger partial charge in [0.15, 0.2) is 0 Å². The molecule has 1 amide bonds. The number of nitrogens with one attached hydrogen (secondary N) is 1. The molecule has 3 aromatic rings. The van der Waals surface area contributed by atoms with Crippen LogP contribution in [0.15, 0.2) is 59.2 Å². The number of fused-ring (bicyclic) bond motifs is 1. The molecule has 1 N–H and O–H groups in total. The standard InChI is InChI=1S/C16H12BrFN2O/c17-14-2-1-3-15-13(14)8-9-20(15)10-16(21)19-12-6-4-11(18)5-7-12/h1-9H,10H2,(H,19,21). The maximum absolute atomic E-state index is 12.8. The average Bonchev–Trinajstić information content (AvgIpc) is 2.86. The number of nitrogens with zero attached hydrogens (tertiary/aromatic N) is 1. The molecule has 1 heterocycles. The van der Waals surface area contributed by atoms with Crippen LogP contribution in [0.2, 0.25) is 0 Å². The fraction of sp³-hybridized carbons (Fsp3) is 0.0625. The lowest BCUT2D eigenvalue weighted by molar-refractivity contribution is -0.116. The van der Waals surface area contributed by atoms with Gasteiger partial charge in [-0.05, 0) is 42.5 Å². The van der Waals surface area contributed by atoms with Crippen molar-refractivity contribution < 1.29 is 9.18 Å². The van der Waals surface area contributed by atoms with E-state index in [1.807, 2.05) is 35.0 Å². The minimum atomic E-state index is -0.325. The minimum Gasteiger partial charge on any atom is -0.338 e. The van der Waals surface area contributed by atoms with Gasteiger partial charge in [-0.3, -0.25) is 4.79 Å². The predicted molar refractivity (Wildman–Crippen MR) is 84.7 cm³/mol. The van der Waals surface area contributed by atoms with E-state index in [0.29, 0.717) is 5.69 Å². The molecular formula is C16H12BrFN2O. The molecule has 0 saturated carbocycles. The molecular weight excluding hydrogens is 335 g/mol. The summed E-state index contributed by atoms with van der Waals surface area (Å²) >= 11 is 3.49. The number of carbonyl (C=O) groups excluding carboxylic acids is 1. The number of hydrogen-bond acceptors (Lipinski definition) is 1. The van der Waals surface area contributed by atoms with Crippen molar-refractivity contribution in [3.05, 3.63) is 65.0 Å². The van der Waals surface area contributed by atoms with Gasteiger partial charge in [-0.1, -0.05) is 22.0 Å². The Bertz CT molecular complexity index is 796. The molecule has 2 aromatic carbocycles. The van der Waals surface area contributed by atoms with Gasteiger partial charge < -0.3 is 9.88 Å². The number of carbonyl (C=O) groups is 1. The maximum atomic E-state index is 12.8. The van der Waals surface area contributed by atoms with E-state index in [1.165, 1.54) is 24.3 Å². The third kappa shape index (κ3) is 2.97. The monoisotopic (exact) mass is 346 g/mol. The van der Waals surface area contributed by atoms with Gasteiger partial charge in [0.2, 0.25) is 5.91 Å². The van der Waals surface area contributed by atoms with Crippen LogP contribution in [0.4, 0.5) is 10.1 Å². The van der Waals surface area contributed by atoms with E-state index in [0.717, 1.165) is 15.4 Å². The Morgan fingerprint density at radius 3 is 2.67 bits per heavy atom. The number of hydrogen-bond donors (Lipinski definition) is 1. The number of halogens is 2. The summed E-state index contributed by atoms with van der Waals surface area (Å²) in [5, 5.41) is 3.81. The first-order chi connectivity index (χ1) is 10.1. The number of rotatable bonds is 3.